The van der Waals surface area contributed by atoms with Crippen LogP contribution in [-0.2, 0) is 0 Å². The Bertz CT molecular complexity index is 5340. The smallest absolute Gasteiger partial charge is 0.164 e. The van der Waals surface area contributed by atoms with Crippen LogP contribution >= 0.6 is 0 Å². The summed E-state index contributed by atoms with van der Waals surface area (Å²) in [4.78, 5) is 16.1. The monoisotopic (exact) mass is 1190 g/mol. The van der Waals surface area contributed by atoms with Crippen LogP contribution in [0.5, 0.6) is 0 Å². The van der Waals surface area contributed by atoms with Crippen LogP contribution < -0.4 is 0 Å². The quantitative estimate of drug-likeness (QED) is 0.137. The Hall–Kier alpha value is -11.7. The van der Waals surface area contributed by atoms with Gasteiger partial charge in [0, 0.05) is 71.5 Å². The molecule has 0 fully saturated rings. The maximum Gasteiger partial charge on any atom is 0.164 e. The van der Waals surface area contributed by atoms with Gasteiger partial charge in [-0.2, -0.15) is 0 Å². The van der Waals surface area contributed by atoms with Crippen molar-refractivity contribution < 1.29 is 0 Å². The first-order valence-electron chi connectivity index (χ1n) is 32.1. The number of fused-ring (bicyclic) bond motifs is 9. The second-order valence-corrected chi connectivity index (χ2v) is 25.1. The van der Waals surface area contributed by atoms with Gasteiger partial charge in [-0.15, -0.1) is 0 Å². The highest BCUT2D eigenvalue weighted by atomic mass is 15.0. The molecule has 4 heterocycles. The number of hydrogen-bond acceptors (Lipinski definition) is 3. The van der Waals surface area contributed by atoms with Crippen molar-refractivity contribution >= 4 is 65.4 Å². The Morgan fingerprint density at radius 2 is 0.527 bits per heavy atom. The molecule has 17 rings (SSSR count). The van der Waals surface area contributed by atoms with Gasteiger partial charge in [-0.3, -0.25) is 0 Å². The van der Waals surface area contributed by atoms with Crippen molar-refractivity contribution in [2.45, 2.75) is 41.5 Å². The van der Waals surface area contributed by atoms with E-state index in [1.54, 1.807) is 0 Å². The minimum atomic E-state index is 0.574. The first kappa shape index (κ1) is 55.3. The van der Waals surface area contributed by atoms with Gasteiger partial charge < -0.3 is 13.7 Å². The maximum absolute atomic E-state index is 5.45. The van der Waals surface area contributed by atoms with E-state index < -0.39 is 0 Å². The van der Waals surface area contributed by atoms with Crippen molar-refractivity contribution in [2.75, 3.05) is 0 Å². The molecule has 13 aromatic carbocycles. The third-order valence-corrected chi connectivity index (χ3v) is 19.0. The molecule has 0 aliphatic heterocycles. The fourth-order valence-electron chi connectivity index (χ4n) is 15.2. The summed E-state index contributed by atoms with van der Waals surface area (Å²) < 4.78 is 7.35. The molecule has 0 spiro atoms. The second kappa shape index (κ2) is 22.0. The highest BCUT2D eigenvalue weighted by Crippen LogP contribution is 2.47. The topological polar surface area (TPSA) is 53.5 Å². The van der Waals surface area contributed by atoms with E-state index in [4.69, 9.17) is 15.0 Å². The lowest BCUT2D eigenvalue weighted by molar-refractivity contribution is 1.07. The van der Waals surface area contributed by atoms with E-state index in [0.717, 1.165) is 89.1 Å². The van der Waals surface area contributed by atoms with Crippen molar-refractivity contribution in [1.82, 2.24) is 28.7 Å². The van der Waals surface area contributed by atoms with Gasteiger partial charge in [-0.05, 0) is 182 Å². The number of aryl methyl sites for hydroxylation is 6. The molecule has 0 saturated heterocycles. The predicted octanol–water partition coefficient (Wildman–Crippen LogP) is 22.7. The molecule has 17 aromatic rings. The first-order valence-corrected chi connectivity index (χ1v) is 32.1. The van der Waals surface area contributed by atoms with Crippen LogP contribution in [0.25, 0.3) is 161 Å². The van der Waals surface area contributed by atoms with Crippen LogP contribution in [0.1, 0.15) is 33.4 Å². The van der Waals surface area contributed by atoms with Crippen LogP contribution in [0.15, 0.2) is 279 Å². The summed E-state index contributed by atoms with van der Waals surface area (Å²) in [6.45, 7) is 13.4. The molecule has 0 aliphatic rings. The van der Waals surface area contributed by atoms with Crippen molar-refractivity contribution in [1.29, 1.82) is 0 Å². The van der Waals surface area contributed by atoms with Crippen LogP contribution in [-0.4, -0.2) is 28.7 Å². The molecule has 4 aromatic heterocycles. The summed E-state index contributed by atoms with van der Waals surface area (Å²) in [6, 6.07) is 102. The van der Waals surface area contributed by atoms with E-state index in [1.807, 2.05) is 36.4 Å². The number of benzene rings is 13. The van der Waals surface area contributed by atoms with Gasteiger partial charge in [-0.1, -0.05) is 205 Å². The Labute approximate surface area is 540 Å². The third-order valence-electron chi connectivity index (χ3n) is 19.0. The molecule has 0 atom stereocenters. The molecule has 0 unspecified atom stereocenters. The average Bonchev–Trinajstić information content (AvgIpc) is 1.68. The van der Waals surface area contributed by atoms with Crippen LogP contribution in [0.2, 0.25) is 0 Å². The summed E-state index contributed by atoms with van der Waals surface area (Å²) in [5.41, 5.74) is 29.4. The van der Waals surface area contributed by atoms with E-state index >= 15 is 0 Å². The maximum atomic E-state index is 5.45. The molecule has 0 radical (unpaired) electrons. The van der Waals surface area contributed by atoms with Crippen molar-refractivity contribution in [3.05, 3.63) is 312 Å². The Morgan fingerprint density at radius 3 is 0.882 bits per heavy atom. The van der Waals surface area contributed by atoms with Gasteiger partial charge >= 0.3 is 0 Å². The molecule has 0 amide bonds. The van der Waals surface area contributed by atoms with E-state index in [-0.39, 0.29) is 0 Å². The largest absolute Gasteiger partial charge is 0.309 e. The Kier molecular flexibility index (Phi) is 13.1. The molecular formula is C87H64N6. The third kappa shape index (κ3) is 9.27. The summed E-state index contributed by atoms with van der Waals surface area (Å²) in [5, 5.41) is 7.24. The van der Waals surface area contributed by atoms with Crippen LogP contribution in [0.4, 0.5) is 0 Å². The van der Waals surface area contributed by atoms with Crippen molar-refractivity contribution in [3.8, 4) is 95.7 Å². The van der Waals surface area contributed by atoms with Gasteiger partial charge in [0.25, 0.3) is 0 Å². The van der Waals surface area contributed by atoms with Gasteiger partial charge in [0.15, 0.2) is 17.5 Å². The molecule has 0 aliphatic carbocycles. The summed E-state index contributed by atoms with van der Waals surface area (Å²) in [7, 11) is 0. The molecule has 442 valence electrons. The van der Waals surface area contributed by atoms with E-state index in [1.165, 1.54) is 88.0 Å². The van der Waals surface area contributed by atoms with Crippen LogP contribution in [0.3, 0.4) is 0 Å². The first-order chi connectivity index (χ1) is 45.6. The van der Waals surface area contributed by atoms with E-state index in [2.05, 4.69) is 298 Å². The Balaban J connectivity index is 0.987. The predicted molar refractivity (Wildman–Crippen MR) is 389 cm³/mol. The lowest BCUT2D eigenvalue weighted by Crippen LogP contribution is -2.04. The summed E-state index contributed by atoms with van der Waals surface area (Å²) >= 11 is 0. The molecule has 0 saturated carbocycles. The minimum Gasteiger partial charge on any atom is -0.309 e. The average molecular weight is 1190 g/mol. The molecular weight excluding hydrogens is 1130 g/mol. The number of nitrogens with zero attached hydrogens (tertiary/aromatic N) is 6. The molecule has 6 nitrogen and oxygen atoms in total. The molecule has 93 heavy (non-hydrogen) atoms. The van der Waals surface area contributed by atoms with E-state index in [9.17, 15) is 0 Å². The highest BCUT2D eigenvalue weighted by Gasteiger charge is 2.26. The lowest BCUT2D eigenvalue weighted by Gasteiger charge is -2.22. The second-order valence-electron chi connectivity index (χ2n) is 25.1. The zero-order chi connectivity index (χ0) is 62.6. The van der Waals surface area contributed by atoms with E-state index in [0.29, 0.717) is 17.5 Å². The normalized spacial score (nSPS) is 11.8. The van der Waals surface area contributed by atoms with Gasteiger partial charge in [0.2, 0.25) is 0 Å². The van der Waals surface area contributed by atoms with Crippen molar-refractivity contribution in [3.63, 3.8) is 0 Å². The number of aromatic nitrogens is 6. The zero-order valence-corrected chi connectivity index (χ0v) is 52.7. The van der Waals surface area contributed by atoms with Gasteiger partial charge in [-0.25, -0.2) is 15.0 Å². The fourth-order valence-corrected chi connectivity index (χ4v) is 15.2. The highest BCUT2D eigenvalue weighted by molar-refractivity contribution is 6.14. The fraction of sp³-hybridized carbons (Fsp3) is 0.0690. The number of para-hydroxylation sites is 4. The van der Waals surface area contributed by atoms with Crippen LogP contribution in [0, 0.1) is 41.5 Å². The Morgan fingerprint density at radius 1 is 0.226 bits per heavy atom. The van der Waals surface area contributed by atoms with Crippen molar-refractivity contribution in [2.24, 2.45) is 0 Å². The number of hydrogen-bond donors (Lipinski definition) is 0. The molecule has 0 bridgehead atoms. The SMILES string of the molecule is Cc1cc(C)c(-c2ccc3c(c2)c2cc(-c4c(C)cc(C)cc4C)ccc2n3-c2c(-c3ccc(-n4c5ccccc5c5ccccc54)cc3)cc(-c3nc(-c4ccccc4)nc(-c4ccccc4)n3)cc2-c2ccc(-n3c4ccccc4c4ccccc43)cc2)c(C)c1. The standard InChI is InChI=1S/C87H64N6/c1-53-45-55(3)82(56(4)46-53)63-37-43-80-74(49-63)75-50-64(83-57(5)47-54(2)48-58(83)6)38-44-81(75)93(80)84-72(59-33-39-66(40-34-59)91-76-29-17-13-25-68(76)69-26-14-18-30-77(69)91)51-65(87-89-85(61-21-9-7-10-22-61)88-86(90-87)62-23-11-8-12-24-62)52-73(84)60-35-41-67(42-36-60)92-78-31-19-15-27-70(78)71-28-16-20-32-79(71)92/h7-52H,1-6H3. The minimum absolute atomic E-state index is 0.574. The lowest BCUT2D eigenvalue weighted by atomic mass is 9.91. The summed E-state index contributed by atoms with van der Waals surface area (Å²) in [6.07, 6.45) is 0. The zero-order valence-electron chi connectivity index (χ0n) is 52.7. The number of rotatable bonds is 10. The van der Waals surface area contributed by atoms with Gasteiger partial charge in [0.1, 0.15) is 0 Å². The summed E-state index contributed by atoms with van der Waals surface area (Å²) in [5.74, 6) is 1.78. The molecule has 6 heteroatoms. The molecule has 0 N–H and O–H groups in total. The van der Waals surface area contributed by atoms with Gasteiger partial charge in [0.05, 0.1) is 38.8 Å².